The molecule has 2 aromatic rings. The molecule has 1 N–H and O–H groups in total. The van der Waals surface area contributed by atoms with Crippen LogP contribution in [0.4, 0.5) is 10.7 Å². The summed E-state index contributed by atoms with van der Waals surface area (Å²) >= 11 is 1.40. The number of carbonyl (C=O) groups is 2. The van der Waals surface area contributed by atoms with Crippen molar-refractivity contribution < 1.29 is 27.5 Å². The molecule has 2 heterocycles. The maximum absolute atomic E-state index is 10.9. The summed E-state index contributed by atoms with van der Waals surface area (Å²) in [6, 6.07) is 2.49. The summed E-state index contributed by atoms with van der Waals surface area (Å²) in [5.41, 5.74) is 0. The molecule has 0 unspecified atom stereocenters. The third-order valence-electron chi connectivity index (χ3n) is 2.28. The lowest BCUT2D eigenvalue weighted by molar-refractivity contribution is 0.0532. The minimum absolute atomic E-state index is 0.00560. The molecule has 0 aromatic carbocycles. The first-order valence-corrected chi connectivity index (χ1v) is 8.86. The van der Waals surface area contributed by atoms with Gasteiger partial charge in [0.05, 0.1) is 13.7 Å². The Labute approximate surface area is 154 Å². The van der Waals surface area contributed by atoms with Crippen molar-refractivity contribution in [3.8, 4) is 6.01 Å². The van der Waals surface area contributed by atoms with Crippen molar-refractivity contribution in [1.29, 1.82) is 0 Å². The van der Waals surface area contributed by atoms with Crippen molar-refractivity contribution in [3.05, 3.63) is 28.2 Å². The van der Waals surface area contributed by atoms with Crippen LogP contribution < -0.4 is 10.1 Å². The smallest absolute Gasteiger partial charge is 0.362 e. The van der Waals surface area contributed by atoms with Gasteiger partial charge < -0.3 is 9.47 Å². The Kier molecular flexibility index (Phi) is 8.80. The second kappa shape index (κ2) is 10.8. The van der Waals surface area contributed by atoms with E-state index >= 15 is 0 Å². The highest BCUT2D eigenvalue weighted by molar-refractivity contribution is 7.62. The molecule has 0 aliphatic carbocycles. The number of aromatic nitrogens is 3. The molecule has 2 amide bonds. The number of rotatable bonds is 4. The standard InChI is InChI=1S/C7H8O2S.C6H7N5O4S/c1-2-9-7(8)6-4-3-5-10-6;1-3-7-4(10-6(8-3)15-2)9-5(12)11-16(13)14/h3-5H,2H2,1H3;1-2H3,(H,7,8,9,10,12). The van der Waals surface area contributed by atoms with Gasteiger partial charge >= 0.3 is 28.5 Å². The predicted molar refractivity (Wildman–Crippen MR) is 91.8 cm³/mol. The van der Waals surface area contributed by atoms with Crippen molar-refractivity contribution >= 4 is 39.8 Å². The van der Waals surface area contributed by atoms with Crippen molar-refractivity contribution in [2.45, 2.75) is 13.8 Å². The van der Waals surface area contributed by atoms with Gasteiger partial charge in [0.15, 0.2) is 0 Å². The lowest BCUT2D eigenvalue weighted by atomic mass is 10.5. The number of esters is 1. The van der Waals surface area contributed by atoms with E-state index in [0.717, 1.165) is 0 Å². The largest absolute Gasteiger partial charge is 0.467 e. The van der Waals surface area contributed by atoms with E-state index in [4.69, 9.17) is 9.47 Å². The second-order valence-corrected chi connectivity index (χ2v) is 5.69. The third kappa shape index (κ3) is 7.76. The van der Waals surface area contributed by atoms with Gasteiger partial charge in [0, 0.05) is 0 Å². The van der Waals surface area contributed by atoms with E-state index in [1.807, 2.05) is 16.8 Å². The zero-order chi connectivity index (χ0) is 19.5. The minimum atomic E-state index is -2.82. The van der Waals surface area contributed by atoms with E-state index in [0.29, 0.717) is 17.3 Å². The average molecular weight is 401 g/mol. The predicted octanol–water partition coefficient (Wildman–Crippen LogP) is 1.71. The zero-order valence-electron chi connectivity index (χ0n) is 14.0. The molecule has 2 aromatic heterocycles. The summed E-state index contributed by atoms with van der Waals surface area (Å²) in [6.07, 6.45) is 0. The summed E-state index contributed by atoms with van der Waals surface area (Å²) in [5, 5.41) is 3.90. The first-order chi connectivity index (χ1) is 12.3. The Balaban J connectivity index is 0.000000289. The molecule has 0 radical (unpaired) electrons. The molecule has 0 fully saturated rings. The van der Waals surface area contributed by atoms with Crippen molar-refractivity contribution in [1.82, 2.24) is 15.0 Å². The van der Waals surface area contributed by atoms with Gasteiger partial charge in [-0.2, -0.15) is 23.4 Å². The number of nitrogens with zero attached hydrogens (tertiary/aromatic N) is 4. The van der Waals surface area contributed by atoms with Crippen LogP contribution in [0.2, 0.25) is 0 Å². The molecule has 0 bridgehead atoms. The van der Waals surface area contributed by atoms with Crippen molar-refractivity contribution in [2.75, 3.05) is 19.0 Å². The van der Waals surface area contributed by atoms with Crippen LogP contribution in [0.5, 0.6) is 6.01 Å². The number of urea groups is 1. The Morgan fingerprint density at radius 2 is 2.04 bits per heavy atom. The number of nitrogens with one attached hydrogen (secondary N) is 1. The Hall–Kier alpha value is -2.93. The van der Waals surface area contributed by atoms with Crippen LogP contribution >= 0.6 is 11.3 Å². The fraction of sp³-hybridized carbons (Fsp3) is 0.308. The molecule has 2 rings (SSSR count). The molecule has 0 saturated heterocycles. The average Bonchev–Trinajstić information content (AvgIpc) is 3.08. The maximum Gasteiger partial charge on any atom is 0.362 e. The molecule has 0 saturated carbocycles. The molecule has 140 valence electrons. The van der Waals surface area contributed by atoms with E-state index in [1.165, 1.54) is 18.4 Å². The van der Waals surface area contributed by atoms with Gasteiger partial charge in [-0.1, -0.05) is 10.4 Å². The van der Waals surface area contributed by atoms with Gasteiger partial charge in [0.25, 0.3) is 0 Å². The van der Waals surface area contributed by atoms with Gasteiger partial charge in [-0.05, 0) is 25.3 Å². The quantitative estimate of drug-likeness (QED) is 0.755. The summed E-state index contributed by atoms with van der Waals surface area (Å²) in [6.45, 7) is 3.80. The Morgan fingerprint density at radius 1 is 1.31 bits per heavy atom. The zero-order valence-corrected chi connectivity index (χ0v) is 15.6. The number of hydrogen-bond donors (Lipinski definition) is 1. The molecular formula is C13H15N5O6S2. The number of carbonyl (C=O) groups excluding carboxylic acids is 2. The lowest BCUT2D eigenvalue weighted by Crippen LogP contribution is -2.11. The van der Waals surface area contributed by atoms with E-state index < -0.39 is 16.5 Å². The van der Waals surface area contributed by atoms with Crippen LogP contribution in [-0.2, 0) is 15.2 Å². The molecule has 0 aliphatic rings. The van der Waals surface area contributed by atoms with Gasteiger partial charge in [-0.3, -0.25) is 5.32 Å². The van der Waals surface area contributed by atoms with Crippen LogP contribution in [0.25, 0.3) is 0 Å². The molecule has 11 nitrogen and oxygen atoms in total. The van der Waals surface area contributed by atoms with Gasteiger partial charge in [-0.15, -0.1) is 11.3 Å². The molecule has 0 aliphatic heterocycles. The molecule has 0 atom stereocenters. The number of methoxy groups -OCH3 is 1. The first-order valence-electron chi connectivity index (χ1n) is 6.95. The number of anilines is 1. The Morgan fingerprint density at radius 3 is 2.58 bits per heavy atom. The number of hydrogen-bond acceptors (Lipinski definition) is 10. The third-order valence-corrected chi connectivity index (χ3v) is 3.45. The van der Waals surface area contributed by atoms with E-state index in [1.54, 1.807) is 19.9 Å². The normalized spacial score (nSPS) is 9.35. The number of thiophene rings is 1. The fourth-order valence-corrected chi connectivity index (χ4v) is 2.18. The summed E-state index contributed by atoms with van der Waals surface area (Å²) < 4.78 is 32.3. The molecule has 13 heteroatoms. The first kappa shape index (κ1) is 21.1. The van der Waals surface area contributed by atoms with Crippen LogP contribution in [0.3, 0.4) is 0 Å². The SMILES string of the molecule is CCOC(=O)c1cccs1.COc1nc(C)nc(NC(=O)N=S(=O)=O)n1. The summed E-state index contributed by atoms with van der Waals surface area (Å²) in [4.78, 5) is 33.7. The molecule has 26 heavy (non-hydrogen) atoms. The van der Waals surface area contributed by atoms with E-state index in [9.17, 15) is 18.0 Å². The fourth-order valence-electron chi connectivity index (χ4n) is 1.39. The highest BCUT2D eigenvalue weighted by Crippen LogP contribution is 2.09. The van der Waals surface area contributed by atoms with E-state index in [-0.39, 0.29) is 17.9 Å². The van der Waals surface area contributed by atoms with Crippen LogP contribution in [0.1, 0.15) is 22.4 Å². The topological polar surface area (TPSA) is 150 Å². The van der Waals surface area contributed by atoms with Crippen molar-refractivity contribution in [3.63, 3.8) is 0 Å². The van der Waals surface area contributed by atoms with E-state index in [2.05, 4.69) is 19.3 Å². The summed E-state index contributed by atoms with van der Waals surface area (Å²) in [7, 11) is -1.48. The highest BCUT2D eigenvalue weighted by Gasteiger charge is 2.07. The molecular weight excluding hydrogens is 386 g/mol. The Bertz CT molecular complexity index is 874. The van der Waals surface area contributed by atoms with Crippen LogP contribution in [-0.4, -0.2) is 49.1 Å². The second-order valence-electron chi connectivity index (χ2n) is 4.13. The number of amides is 2. The minimum Gasteiger partial charge on any atom is -0.467 e. The maximum atomic E-state index is 10.9. The highest BCUT2D eigenvalue weighted by atomic mass is 32.2. The van der Waals surface area contributed by atoms with Crippen LogP contribution in [0.15, 0.2) is 21.9 Å². The van der Waals surface area contributed by atoms with Crippen molar-refractivity contribution in [2.24, 2.45) is 4.36 Å². The lowest BCUT2D eigenvalue weighted by Gasteiger charge is -2.02. The summed E-state index contributed by atoms with van der Waals surface area (Å²) in [5.74, 6) is -0.0496. The number of aryl methyl sites for hydroxylation is 1. The van der Waals surface area contributed by atoms with Gasteiger partial charge in [0.2, 0.25) is 5.95 Å². The van der Waals surface area contributed by atoms with Gasteiger partial charge in [-0.25, -0.2) is 9.59 Å². The van der Waals surface area contributed by atoms with Crippen LogP contribution in [0, 0.1) is 6.92 Å². The monoisotopic (exact) mass is 401 g/mol. The van der Waals surface area contributed by atoms with Gasteiger partial charge in [0.1, 0.15) is 10.7 Å². The molecule has 0 spiro atoms. The number of ether oxygens (including phenoxy) is 2.